The molecule has 2 aliphatic heterocycles. The molecule has 160 valence electrons. The Kier molecular flexibility index (Phi) is 5.86. The number of benzene rings is 1. The van der Waals surface area contributed by atoms with Crippen LogP contribution in [0, 0.1) is 5.41 Å². The third-order valence-electron chi connectivity index (χ3n) is 6.08. The van der Waals surface area contributed by atoms with Gasteiger partial charge in [0.05, 0.1) is 17.8 Å². The molecule has 2 saturated heterocycles. The van der Waals surface area contributed by atoms with E-state index in [9.17, 15) is 9.59 Å². The molecule has 1 aromatic carbocycles. The van der Waals surface area contributed by atoms with E-state index in [4.69, 9.17) is 11.6 Å². The Labute approximate surface area is 180 Å². The molecule has 0 saturated carbocycles. The molecule has 2 aromatic rings. The highest BCUT2D eigenvalue weighted by molar-refractivity contribution is 6.30. The maximum atomic E-state index is 12.9. The van der Waals surface area contributed by atoms with Crippen molar-refractivity contribution in [3.8, 4) is 5.69 Å². The van der Waals surface area contributed by atoms with Gasteiger partial charge in [-0.3, -0.25) is 19.8 Å². The van der Waals surface area contributed by atoms with Crippen LogP contribution in [0.2, 0.25) is 5.02 Å². The van der Waals surface area contributed by atoms with Gasteiger partial charge in [0.25, 0.3) is 0 Å². The van der Waals surface area contributed by atoms with E-state index in [0.29, 0.717) is 18.0 Å². The minimum Gasteiger partial charge on any atom is -0.305 e. The lowest BCUT2D eigenvalue weighted by atomic mass is 9.84. The lowest BCUT2D eigenvalue weighted by Crippen LogP contribution is -2.53. The molecule has 3 heterocycles. The normalized spacial score (nSPS) is 23.6. The largest absolute Gasteiger partial charge is 0.305 e. The Bertz CT molecular complexity index is 931. The molecule has 0 radical (unpaired) electrons. The lowest BCUT2D eigenvalue weighted by molar-refractivity contribution is -0.135. The number of halogens is 1. The lowest BCUT2D eigenvalue weighted by Gasteiger charge is -2.27. The number of aromatic nitrogens is 4. The van der Waals surface area contributed by atoms with Crippen LogP contribution in [0.5, 0.6) is 0 Å². The monoisotopic (exact) mass is 431 g/mol. The summed E-state index contributed by atoms with van der Waals surface area (Å²) in [6.45, 7) is 6.15. The first-order chi connectivity index (χ1) is 14.3. The number of likely N-dealkylation sites (tertiary alicyclic amines) is 1. The van der Waals surface area contributed by atoms with Crippen molar-refractivity contribution < 1.29 is 9.59 Å². The van der Waals surface area contributed by atoms with E-state index in [2.05, 4.69) is 31.1 Å². The van der Waals surface area contributed by atoms with Gasteiger partial charge in [-0.1, -0.05) is 25.4 Å². The molecule has 10 heteroatoms. The van der Waals surface area contributed by atoms with E-state index >= 15 is 0 Å². The minimum absolute atomic E-state index is 0.165. The van der Waals surface area contributed by atoms with Crippen LogP contribution in [-0.2, 0) is 16.1 Å². The first kappa shape index (κ1) is 20.9. The van der Waals surface area contributed by atoms with Crippen molar-refractivity contribution >= 4 is 23.4 Å². The molecule has 0 bridgehead atoms. The molecule has 2 amide bonds. The molecule has 2 fully saturated rings. The Morgan fingerprint density at radius 3 is 2.87 bits per heavy atom. The molecule has 4 rings (SSSR count). The van der Waals surface area contributed by atoms with E-state index in [-0.39, 0.29) is 29.3 Å². The zero-order valence-electron chi connectivity index (χ0n) is 17.1. The summed E-state index contributed by atoms with van der Waals surface area (Å²) in [5.74, 6) is -0.487. The first-order valence-electron chi connectivity index (χ1n) is 10.2. The summed E-state index contributed by atoms with van der Waals surface area (Å²) in [4.78, 5) is 27.7. The van der Waals surface area contributed by atoms with E-state index < -0.39 is 0 Å². The van der Waals surface area contributed by atoms with E-state index in [1.165, 1.54) is 6.33 Å². The topological polar surface area (TPSA) is 105 Å². The number of nitrogens with zero attached hydrogens (tertiary/aromatic N) is 5. The Morgan fingerprint density at radius 1 is 1.33 bits per heavy atom. The summed E-state index contributed by atoms with van der Waals surface area (Å²) in [6.07, 6.45) is 4.03. The highest BCUT2D eigenvalue weighted by Crippen LogP contribution is 2.30. The van der Waals surface area contributed by atoms with Crippen molar-refractivity contribution in [2.45, 2.75) is 51.7 Å². The summed E-state index contributed by atoms with van der Waals surface area (Å²) in [7, 11) is 0. The highest BCUT2D eigenvalue weighted by Gasteiger charge is 2.41. The predicted octanol–water partition coefficient (Wildman–Crippen LogP) is 1.31. The van der Waals surface area contributed by atoms with Crippen LogP contribution in [0.1, 0.15) is 38.7 Å². The number of amides is 2. The Hall–Kier alpha value is -2.36. The number of rotatable bonds is 5. The van der Waals surface area contributed by atoms with Crippen molar-refractivity contribution in [2.75, 3.05) is 13.1 Å². The van der Waals surface area contributed by atoms with Crippen molar-refractivity contribution in [1.29, 1.82) is 0 Å². The van der Waals surface area contributed by atoms with Gasteiger partial charge in [0.2, 0.25) is 11.8 Å². The number of tetrazole rings is 1. The molecular formula is C20H26ClN7O2. The number of nitrogens with one attached hydrogen (secondary N) is 2. The number of carbonyl (C=O) groups excluding carboxylic acids is 2. The second-order valence-electron chi connectivity index (χ2n) is 8.64. The summed E-state index contributed by atoms with van der Waals surface area (Å²) in [5.41, 5.74) is 1.56. The van der Waals surface area contributed by atoms with Gasteiger partial charge in [0.1, 0.15) is 6.33 Å². The van der Waals surface area contributed by atoms with Crippen LogP contribution in [-0.4, -0.2) is 62.1 Å². The zero-order chi connectivity index (χ0) is 21.3. The Balaban J connectivity index is 1.48. The van der Waals surface area contributed by atoms with Crippen LogP contribution >= 0.6 is 11.6 Å². The summed E-state index contributed by atoms with van der Waals surface area (Å²) in [5, 5.41) is 17.8. The second-order valence-corrected chi connectivity index (χ2v) is 9.07. The second kappa shape index (κ2) is 8.41. The summed E-state index contributed by atoms with van der Waals surface area (Å²) >= 11 is 6.22. The predicted molar refractivity (Wildman–Crippen MR) is 111 cm³/mol. The number of hydrogen-bond acceptors (Lipinski definition) is 7. The molecule has 9 nitrogen and oxygen atoms in total. The van der Waals surface area contributed by atoms with Gasteiger partial charge >= 0.3 is 0 Å². The standard InChI is InChI=1S/C20H26ClN7O2/c1-20(2)7-8-22-17(20)19(30)24-18(29)16-4-3-9-27(16)11-13-10-14(21)5-6-15(13)28-12-23-25-26-28/h5-6,10,12,16-17,22H,3-4,7-9,11H2,1-2H3,(H,24,29,30)/t16-,17+/m0/s1. The van der Waals surface area contributed by atoms with Gasteiger partial charge in [-0.25, -0.2) is 4.68 Å². The fraction of sp³-hybridized carbons (Fsp3) is 0.550. The van der Waals surface area contributed by atoms with Gasteiger partial charge in [-0.2, -0.15) is 0 Å². The Morgan fingerprint density at radius 2 is 2.17 bits per heavy atom. The molecule has 1 aromatic heterocycles. The molecule has 2 N–H and O–H groups in total. The third kappa shape index (κ3) is 4.23. The van der Waals surface area contributed by atoms with Crippen LogP contribution in [0.25, 0.3) is 5.69 Å². The van der Waals surface area contributed by atoms with E-state index in [0.717, 1.165) is 37.2 Å². The highest BCUT2D eigenvalue weighted by atomic mass is 35.5. The number of carbonyl (C=O) groups is 2. The van der Waals surface area contributed by atoms with Gasteiger partial charge < -0.3 is 5.32 Å². The smallest absolute Gasteiger partial charge is 0.244 e. The SMILES string of the molecule is CC1(C)CCN[C@@H]1C(=O)NC(=O)[C@@H]1CCCN1Cc1cc(Cl)ccc1-n1cnnn1. The zero-order valence-corrected chi connectivity index (χ0v) is 17.9. The maximum Gasteiger partial charge on any atom is 0.244 e. The van der Waals surface area contributed by atoms with Gasteiger partial charge in [-0.15, -0.1) is 5.10 Å². The van der Waals surface area contributed by atoms with Crippen LogP contribution in [0.3, 0.4) is 0 Å². The fourth-order valence-corrected chi connectivity index (χ4v) is 4.59. The molecule has 2 atom stereocenters. The molecule has 0 aliphatic carbocycles. The quantitative estimate of drug-likeness (QED) is 0.687. The first-order valence-corrected chi connectivity index (χ1v) is 10.6. The van der Waals surface area contributed by atoms with Crippen LogP contribution < -0.4 is 10.6 Å². The summed E-state index contributed by atoms with van der Waals surface area (Å²) < 4.78 is 1.58. The molecule has 0 unspecified atom stereocenters. The van der Waals surface area contributed by atoms with Crippen molar-refractivity contribution in [1.82, 2.24) is 35.7 Å². The molecular weight excluding hydrogens is 406 g/mol. The fourth-order valence-electron chi connectivity index (χ4n) is 4.39. The number of imide groups is 1. The van der Waals surface area contributed by atoms with Crippen LogP contribution in [0.15, 0.2) is 24.5 Å². The van der Waals surface area contributed by atoms with Gasteiger partial charge in [-0.05, 0) is 72.0 Å². The molecule has 2 aliphatic rings. The average molecular weight is 432 g/mol. The van der Waals surface area contributed by atoms with Crippen molar-refractivity contribution in [3.63, 3.8) is 0 Å². The third-order valence-corrected chi connectivity index (χ3v) is 6.32. The van der Waals surface area contributed by atoms with Gasteiger partial charge in [0, 0.05) is 11.6 Å². The number of hydrogen-bond donors (Lipinski definition) is 2. The van der Waals surface area contributed by atoms with Crippen molar-refractivity contribution in [2.24, 2.45) is 5.41 Å². The van der Waals surface area contributed by atoms with E-state index in [1.54, 1.807) is 10.7 Å². The van der Waals surface area contributed by atoms with E-state index in [1.807, 2.05) is 26.0 Å². The summed E-state index contributed by atoms with van der Waals surface area (Å²) in [6, 6.07) is 4.79. The van der Waals surface area contributed by atoms with Gasteiger partial charge in [0.15, 0.2) is 0 Å². The maximum absolute atomic E-state index is 12.9. The molecule has 30 heavy (non-hydrogen) atoms. The van der Waals surface area contributed by atoms with Crippen LogP contribution in [0.4, 0.5) is 0 Å². The average Bonchev–Trinajstić information content (AvgIpc) is 3.42. The van der Waals surface area contributed by atoms with Crippen molar-refractivity contribution in [3.05, 3.63) is 35.1 Å². The molecule has 0 spiro atoms. The minimum atomic E-state index is -0.362.